The lowest BCUT2D eigenvalue weighted by Crippen LogP contribution is -2.07. The molecule has 1 aliphatic carbocycles. The van der Waals surface area contributed by atoms with Crippen LogP contribution in [-0.2, 0) is 0 Å². The Morgan fingerprint density at radius 2 is 2.15 bits per heavy atom. The van der Waals surface area contributed by atoms with Crippen LogP contribution in [0.25, 0.3) is 0 Å². The summed E-state index contributed by atoms with van der Waals surface area (Å²) >= 11 is 0. The van der Waals surface area contributed by atoms with Crippen molar-refractivity contribution in [3.63, 3.8) is 0 Å². The maximum atomic E-state index is 9.08. The zero-order chi connectivity index (χ0) is 14.6. The lowest BCUT2D eigenvalue weighted by atomic mass is 9.92. The Morgan fingerprint density at radius 3 is 2.85 bits per heavy atom. The molecule has 0 aromatic carbocycles. The molecule has 1 fully saturated rings. The van der Waals surface area contributed by atoms with Gasteiger partial charge in [0, 0.05) is 6.61 Å². The van der Waals surface area contributed by atoms with Gasteiger partial charge in [-0.05, 0) is 63.7 Å². The third kappa shape index (κ3) is 6.56. The van der Waals surface area contributed by atoms with Crippen molar-refractivity contribution < 1.29 is 5.11 Å². The molecule has 1 heteroatoms. The van der Waals surface area contributed by atoms with Crippen LogP contribution in [-0.4, -0.2) is 11.7 Å². The van der Waals surface area contributed by atoms with E-state index in [2.05, 4.69) is 44.2 Å². The second-order valence-electron chi connectivity index (χ2n) is 5.89. The monoisotopic (exact) mass is 276 g/mol. The second kappa shape index (κ2) is 10.9. The minimum Gasteiger partial charge on any atom is -0.396 e. The van der Waals surface area contributed by atoms with Crippen LogP contribution >= 0.6 is 0 Å². The van der Waals surface area contributed by atoms with Crippen molar-refractivity contribution >= 4 is 0 Å². The number of aliphatic hydroxyl groups is 1. The van der Waals surface area contributed by atoms with E-state index in [4.69, 9.17) is 5.11 Å². The van der Waals surface area contributed by atoms with Crippen LogP contribution in [0.3, 0.4) is 0 Å². The average Bonchev–Trinajstić information content (AvgIpc) is 2.90. The highest BCUT2D eigenvalue weighted by molar-refractivity contribution is 5.11. The summed E-state index contributed by atoms with van der Waals surface area (Å²) in [6.45, 7) is 4.66. The molecule has 0 bridgehead atoms. The fourth-order valence-electron chi connectivity index (χ4n) is 3.17. The summed E-state index contributed by atoms with van der Waals surface area (Å²) in [7, 11) is 0. The fraction of sp³-hybridized carbons (Fsp3) is 0.684. The zero-order valence-corrected chi connectivity index (χ0v) is 13.4. The van der Waals surface area contributed by atoms with E-state index in [1.54, 1.807) is 5.57 Å². The highest BCUT2D eigenvalue weighted by Gasteiger charge is 2.23. The summed E-state index contributed by atoms with van der Waals surface area (Å²) in [6, 6.07) is 0. The van der Waals surface area contributed by atoms with E-state index in [-0.39, 0.29) is 0 Å². The molecule has 1 saturated carbocycles. The Kier molecular flexibility index (Phi) is 9.40. The van der Waals surface area contributed by atoms with E-state index in [1.165, 1.54) is 38.5 Å². The topological polar surface area (TPSA) is 20.2 Å². The van der Waals surface area contributed by atoms with Crippen LogP contribution in [0.5, 0.6) is 0 Å². The number of rotatable bonds is 9. The molecule has 0 aliphatic heterocycles. The molecule has 2 atom stereocenters. The Balaban J connectivity index is 2.24. The SMILES string of the molecule is C/C=C\C=C(/CC)CCC/C=C/C1CCC[C@@H]1CCO. The maximum absolute atomic E-state index is 9.08. The van der Waals surface area contributed by atoms with Crippen LogP contribution in [0, 0.1) is 11.8 Å². The van der Waals surface area contributed by atoms with Crippen LogP contribution in [0.2, 0.25) is 0 Å². The maximum Gasteiger partial charge on any atom is 0.0433 e. The highest BCUT2D eigenvalue weighted by Crippen LogP contribution is 2.34. The van der Waals surface area contributed by atoms with E-state index in [0.29, 0.717) is 6.61 Å². The Bertz CT molecular complexity index is 325. The summed E-state index contributed by atoms with van der Waals surface area (Å²) in [5, 5.41) is 9.08. The second-order valence-corrected chi connectivity index (χ2v) is 5.89. The summed E-state index contributed by atoms with van der Waals surface area (Å²) in [5.41, 5.74) is 1.55. The van der Waals surface area contributed by atoms with Gasteiger partial charge in [0.15, 0.2) is 0 Å². The standard InChI is InChI=1S/C19H32O/c1-3-5-10-17(4-2)11-7-6-8-12-18-13-9-14-19(18)15-16-20/h3,5,8,10,12,18-20H,4,6-7,9,11,13-16H2,1-2H3/b5-3-,12-8+,17-10+/t18?,19-/m1/s1. The number of allylic oxidation sites excluding steroid dienone is 6. The number of unbranched alkanes of at least 4 members (excludes halogenated alkanes) is 1. The van der Waals surface area contributed by atoms with E-state index in [0.717, 1.165) is 24.7 Å². The predicted molar refractivity (Wildman–Crippen MR) is 88.7 cm³/mol. The molecule has 0 heterocycles. The third-order valence-electron chi connectivity index (χ3n) is 4.45. The fourth-order valence-corrected chi connectivity index (χ4v) is 3.17. The van der Waals surface area contributed by atoms with E-state index in [1.807, 2.05) is 0 Å². The molecule has 0 aromatic rings. The molecule has 1 nitrogen and oxygen atoms in total. The van der Waals surface area contributed by atoms with E-state index < -0.39 is 0 Å². The van der Waals surface area contributed by atoms with Gasteiger partial charge >= 0.3 is 0 Å². The summed E-state index contributed by atoms with van der Waals surface area (Å²) in [5.74, 6) is 1.46. The van der Waals surface area contributed by atoms with Crippen molar-refractivity contribution in [2.45, 2.75) is 65.2 Å². The van der Waals surface area contributed by atoms with Gasteiger partial charge in [-0.3, -0.25) is 0 Å². The number of aliphatic hydroxyl groups excluding tert-OH is 1. The van der Waals surface area contributed by atoms with Crippen molar-refractivity contribution in [2.24, 2.45) is 11.8 Å². The lowest BCUT2D eigenvalue weighted by Gasteiger charge is -2.14. The smallest absolute Gasteiger partial charge is 0.0433 e. The van der Waals surface area contributed by atoms with Crippen molar-refractivity contribution in [1.29, 1.82) is 0 Å². The summed E-state index contributed by atoms with van der Waals surface area (Å²) < 4.78 is 0. The molecular formula is C19H32O. The van der Waals surface area contributed by atoms with Crippen LogP contribution < -0.4 is 0 Å². The van der Waals surface area contributed by atoms with Crippen molar-refractivity contribution in [1.82, 2.24) is 0 Å². The average molecular weight is 276 g/mol. The van der Waals surface area contributed by atoms with E-state index >= 15 is 0 Å². The number of hydrogen-bond acceptors (Lipinski definition) is 1. The molecule has 0 aromatic heterocycles. The van der Waals surface area contributed by atoms with Crippen molar-refractivity contribution in [2.75, 3.05) is 6.61 Å². The molecular weight excluding hydrogens is 244 g/mol. The Labute approximate surface area is 125 Å². The number of hydrogen-bond donors (Lipinski definition) is 1. The lowest BCUT2D eigenvalue weighted by molar-refractivity contribution is 0.246. The molecule has 0 saturated heterocycles. The minimum absolute atomic E-state index is 0.352. The molecule has 0 spiro atoms. The van der Waals surface area contributed by atoms with Gasteiger partial charge in [-0.2, -0.15) is 0 Å². The highest BCUT2D eigenvalue weighted by atomic mass is 16.3. The molecule has 0 radical (unpaired) electrons. The predicted octanol–water partition coefficient (Wildman–Crippen LogP) is 5.42. The van der Waals surface area contributed by atoms with Gasteiger partial charge in [0.25, 0.3) is 0 Å². The molecule has 114 valence electrons. The minimum atomic E-state index is 0.352. The van der Waals surface area contributed by atoms with Gasteiger partial charge in [0.1, 0.15) is 0 Å². The molecule has 1 unspecified atom stereocenters. The molecule has 1 aliphatic rings. The van der Waals surface area contributed by atoms with Gasteiger partial charge in [0.05, 0.1) is 0 Å². The molecule has 1 rings (SSSR count). The van der Waals surface area contributed by atoms with Crippen molar-refractivity contribution in [3.8, 4) is 0 Å². The first kappa shape index (κ1) is 17.2. The normalized spacial score (nSPS) is 24.2. The summed E-state index contributed by atoms with van der Waals surface area (Å²) in [6.07, 6.45) is 21.1. The van der Waals surface area contributed by atoms with Crippen LogP contribution in [0.1, 0.15) is 65.2 Å². The Morgan fingerprint density at radius 1 is 1.30 bits per heavy atom. The van der Waals surface area contributed by atoms with Gasteiger partial charge in [-0.1, -0.05) is 49.3 Å². The van der Waals surface area contributed by atoms with Crippen LogP contribution in [0.4, 0.5) is 0 Å². The van der Waals surface area contributed by atoms with Gasteiger partial charge in [-0.15, -0.1) is 0 Å². The summed E-state index contributed by atoms with van der Waals surface area (Å²) in [4.78, 5) is 0. The van der Waals surface area contributed by atoms with Gasteiger partial charge in [0.2, 0.25) is 0 Å². The van der Waals surface area contributed by atoms with E-state index in [9.17, 15) is 0 Å². The van der Waals surface area contributed by atoms with Crippen molar-refractivity contribution in [3.05, 3.63) is 36.0 Å². The molecule has 0 amide bonds. The quantitative estimate of drug-likeness (QED) is 0.338. The zero-order valence-electron chi connectivity index (χ0n) is 13.4. The third-order valence-corrected chi connectivity index (χ3v) is 4.45. The Hall–Kier alpha value is -0.820. The van der Waals surface area contributed by atoms with Gasteiger partial charge in [-0.25, -0.2) is 0 Å². The van der Waals surface area contributed by atoms with Crippen LogP contribution in [0.15, 0.2) is 36.0 Å². The van der Waals surface area contributed by atoms with Gasteiger partial charge < -0.3 is 5.11 Å². The largest absolute Gasteiger partial charge is 0.396 e. The first-order valence-corrected chi connectivity index (χ1v) is 8.40. The molecule has 20 heavy (non-hydrogen) atoms. The molecule has 1 N–H and O–H groups in total. The first-order chi connectivity index (χ1) is 9.81. The first-order valence-electron chi connectivity index (χ1n) is 8.40.